The lowest BCUT2D eigenvalue weighted by Gasteiger charge is -2.18. The molecule has 1 N–H and O–H groups in total. The topological polar surface area (TPSA) is 70.5 Å². The van der Waals surface area contributed by atoms with E-state index < -0.39 is 5.97 Å². The Hall–Kier alpha value is -2.95. The van der Waals surface area contributed by atoms with Gasteiger partial charge in [-0.1, -0.05) is 18.2 Å². The molecule has 0 radical (unpaired) electrons. The third kappa shape index (κ3) is 2.12. The molecule has 114 valence electrons. The van der Waals surface area contributed by atoms with E-state index in [1.165, 1.54) is 17.8 Å². The highest BCUT2D eigenvalue weighted by molar-refractivity contribution is 6.11. The molecule has 1 aliphatic heterocycles. The molecular weight excluding hydrogens is 292 g/mol. The zero-order chi connectivity index (χ0) is 16.0. The summed E-state index contributed by atoms with van der Waals surface area (Å²) in [6, 6.07) is 9.36. The Balaban J connectivity index is 1.65. The minimum Gasteiger partial charge on any atom is -0.478 e. The Labute approximate surface area is 132 Å². The highest BCUT2D eigenvalue weighted by Gasteiger charge is 2.30. The smallest absolute Gasteiger partial charge is 0.336 e. The van der Waals surface area contributed by atoms with Crippen LogP contribution in [0.15, 0.2) is 42.1 Å². The van der Waals surface area contributed by atoms with Gasteiger partial charge in [0.25, 0.3) is 5.91 Å². The number of amides is 1. The van der Waals surface area contributed by atoms with Crippen molar-refractivity contribution in [3.05, 3.63) is 64.5 Å². The van der Waals surface area contributed by atoms with Gasteiger partial charge in [0.2, 0.25) is 0 Å². The highest BCUT2D eigenvalue weighted by Crippen LogP contribution is 2.32. The maximum Gasteiger partial charge on any atom is 0.336 e. The van der Waals surface area contributed by atoms with Crippen LogP contribution in [-0.4, -0.2) is 28.5 Å². The summed E-state index contributed by atoms with van der Waals surface area (Å²) in [6.07, 6.45) is 4.35. The normalized spacial score (nSPS) is 15.1. The van der Waals surface area contributed by atoms with Gasteiger partial charge in [0, 0.05) is 30.4 Å². The Morgan fingerprint density at radius 1 is 1.17 bits per heavy atom. The highest BCUT2D eigenvalue weighted by atomic mass is 16.4. The van der Waals surface area contributed by atoms with E-state index in [9.17, 15) is 14.7 Å². The summed E-state index contributed by atoms with van der Waals surface area (Å²) >= 11 is 0. The fraction of sp³-hybridized carbons (Fsp3) is 0.167. The molecule has 0 unspecified atom stereocenters. The van der Waals surface area contributed by atoms with E-state index in [1.807, 2.05) is 24.3 Å². The van der Waals surface area contributed by atoms with Crippen molar-refractivity contribution in [3.63, 3.8) is 0 Å². The number of carboxylic acids is 1. The van der Waals surface area contributed by atoms with Gasteiger partial charge in [0.1, 0.15) is 0 Å². The van der Waals surface area contributed by atoms with Gasteiger partial charge in [-0.15, -0.1) is 0 Å². The summed E-state index contributed by atoms with van der Waals surface area (Å²) in [5.74, 6) is -1.05. The number of para-hydroxylation sites is 1. The average Bonchev–Trinajstić information content (AvgIpc) is 3.17. The molecule has 1 aromatic heterocycles. The molecule has 2 aromatic rings. The zero-order valence-corrected chi connectivity index (χ0v) is 12.3. The lowest BCUT2D eigenvalue weighted by atomic mass is 10.1. The number of pyridine rings is 1. The predicted molar refractivity (Wildman–Crippen MR) is 85.4 cm³/mol. The van der Waals surface area contributed by atoms with Gasteiger partial charge in [0.05, 0.1) is 11.3 Å². The van der Waals surface area contributed by atoms with Gasteiger partial charge in [-0.3, -0.25) is 9.78 Å². The molecule has 2 aliphatic rings. The van der Waals surface area contributed by atoms with Gasteiger partial charge >= 0.3 is 5.97 Å². The number of carbonyl (C=O) groups excluding carboxylic acids is 1. The van der Waals surface area contributed by atoms with Gasteiger partial charge in [-0.2, -0.15) is 0 Å². The van der Waals surface area contributed by atoms with Crippen LogP contribution in [0.25, 0.3) is 6.08 Å². The van der Waals surface area contributed by atoms with Crippen molar-refractivity contribution in [2.24, 2.45) is 0 Å². The number of carboxylic acid groups (broad SMARTS) is 1. The van der Waals surface area contributed by atoms with E-state index in [0.717, 1.165) is 12.1 Å². The third-order valence-electron chi connectivity index (χ3n) is 4.40. The second-order valence-electron chi connectivity index (χ2n) is 5.71. The molecule has 1 aliphatic carbocycles. The predicted octanol–water partition coefficient (Wildman–Crippen LogP) is 2.31. The summed E-state index contributed by atoms with van der Waals surface area (Å²) in [7, 11) is 0. The van der Waals surface area contributed by atoms with Crippen molar-refractivity contribution in [2.75, 3.05) is 11.4 Å². The molecule has 2 heterocycles. The van der Waals surface area contributed by atoms with E-state index in [0.29, 0.717) is 29.8 Å². The van der Waals surface area contributed by atoms with Gasteiger partial charge in [-0.05, 0) is 35.8 Å². The number of fused-ring (bicyclic) bond motifs is 2. The molecule has 0 saturated carbocycles. The average molecular weight is 306 g/mol. The van der Waals surface area contributed by atoms with Crippen molar-refractivity contribution < 1.29 is 14.7 Å². The third-order valence-corrected chi connectivity index (χ3v) is 4.40. The number of hydrogen-bond donors (Lipinski definition) is 1. The summed E-state index contributed by atoms with van der Waals surface area (Å²) in [6.45, 7) is 0.658. The van der Waals surface area contributed by atoms with Crippen molar-refractivity contribution in [1.82, 2.24) is 4.98 Å². The zero-order valence-electron chi connectivity index (χ0n) is 12.3. The number of nitrogens with zero attached hydrogens (tertiary/aromatic N) is 2. The number of rotatable bonds is 2. The number of aromatic nitrogens is 1. The van der Waals surface area contributed by atoms with Crippen LogP contribution in [-0.2, 0) is 17.6 Å². The molecule has 5 nitrogen and oxygen atoms in total. The van der Waals surface area contributed by atoms with Crippen LogP contribution in [0.5, 0.6) is 0 Å². The Kier molecular flexibility index (Phi) is 3.01. The van der Waals surface area contributed by atoms with E-state index >= 15 is 0 Å². The molecule has 1 amide bonds. The summed E-state index contributed by atoms with van der Waals surface area (Å²) in [4.78, 5) is 30.1. The second-order valence-corrected chi connectivity index (χ2v) is 5.71. The first-order valence-corrected chi connectivity index (χ1v) is 7.46. The fourth-order valence-electron chi connectivity index (χ4n) is 3.29. The van der Waals surface area contributed by atoms with Crippen molar-refractivity contribution in [1.29, 1.82) is 0 Å². The largest absolute Gasteiger partial charge is 0.478 e. The lowest BCUT2D eigenvalue weighted by molar-refractivity contribution is -0.115. The van der Waals surface area contributed by atoms with Crippen molar-refractivity contribution in [2.45, 2.75) is 12.8 Å². The van der Waals surface area contributed by atoms with Crippen LogP contribution in [0.1, 0.15) is 27.2 Å². The summed E-state index contributed by atoms with van der Waals surface area (Å²) in [5.41, 5.74) is 4.13. The molecular formula is C18H14N2O3. The summed E-state index contributed by atoms with van der Waals surface area (Å²) in [5, 5.41) is 9.27. The van der Waals surface area contributed by atoms with Gasteiger partial charge < -0.3 is 10.0 Å². The van der Waals surface area contributed by atoms with Crippen molar-refractivity contribution in [3.8, 4) is 0 Å². The molecule has 0 bridgehead atoms. The van der Waals surface area contributed by atoms with E-state index in [2.05, 4.69) is 4.98 Å². The van der Waals surface area contributed by atoms with E-state index in [1.54, 1.807) is 11.0 Å². The van der Waals surface area contributed by atoms with Crippen LogP contribution in [0.4, 0.5) is 5.69 Å². The van der Waals surface area contributed by atoms with Crippen LogP contribution in [0.2, 0.25) is 0 Å². The monoisotopic (exact) mass is 306 g/mol. The first-order valence-electron chi connectivity index (χ1n) is 7.46. The van der Waals surface area contributed by atoms with Crippen LogP contribution >= 0.6 is 0 Å². The van der Waals surface area contributed by atoms with Crippen LogP contribution < -0.4 is 4.90 Å². The number of hydrogen-bond acceptors (Lipinski definition) is 3. The molecule has 4 rings (SSSR count). The van der Waals surface area contributed by atoms with Crippen molar-refractivity contribution >= 4 is 23.6 Å². The maximum atomic E-state index is 12.8. The summed E-state index contributed by atoms with van der Waals surface area (Å²) < 4.78 is 0. The lowest BCUT2D eigenvalue weighted by Crippen LogP contribution is -2.30. The first kappa shape index (κ1) is 13.7. The number of aromatic carboxylic acids is 1. The quantitative estimate of drug-likeness (QED) is 0.924. The molecule has 0 spiro atoms. The SMILES string of the molecule is O=C(O)c1ccnc2c1CC(C(=O)N1CCc3ccccc31)=C2. The van der Waals surface area contributed by atoms with E-state index in [4.69, 9.17) is 0 Å². The minimum absolute atomic E-state index is 0.0655. The molecule has 23 heavy (non-hydrogen) atoms. The second kappa shape index (κ2) is 5.05. The minimum atomic E-state index is -0.989. The number of anilines is 1. The molecule has 1 aromatic carbocycles. The molecule has 0 atom stereocenters. The Bertz CT molecular complexity index is 870. The van der Waals surface area contributed by atoms with Crippen LogP contribution in [0, 0.1) is 0 Å². The number of carbonyl (C=O) groups is 2. The van der Waals surface area contributed by atoms with Gasteiger partial charge in [-0.25, -0.2) is 4.79 Å². The molecule has 5 heteroatoms. The number of benzene rings is 1. The fourth-order valence-corrected chi connectivity index (χ4v) is 3.29. The Morgan fingerprint density at radius 2 is 2.00 bits per heavy atom. The molecule has 0 saturated heterocycles. The maximum absolute atomic E-state index is 12.8. The van der Waals surface area contributed by atoms with E-state index in [-0.39, 0.29) is 11.5 Å². The Morgan fingerprint density at radius 3 is 2.83 bits per heavy atom. The molecule has 0 fully saturated rings. The standard InChI is InChI=1S/C18H14N2O3/c21-17(20-8-6-11-3-1-2-4-16(11)20)12-9-14-13(18(22)23)5-7-19-15(14)10-12/h1-5,7,10H,6,8-9H2,(H,22,23). The van der Waals surface area contributed by atoms with Gasteiger partial charge in [0.15, 0.2) is 0 Å². The first-order chi connectivity index (χ1) is 11.1. The van der Waals surface area contributed by atoms with Crippen LogP contribution in [0.3, 0.4) is 0 Å².